The number of hydrogen-bond acceptors (Lipinski definition) is 6. The van der Waals surface area contributed by atoms with E-state index in [1.54, 1.807) is 0 Å². The summed E-state index contributed by atoms with van der Waals surface area (Å²) in [6.07, 6.45) is 0. The predicted molar refractivity (Wildman–Crippen MR) is 83.5 cm³/mol. The molecule has 0 aliphatic carbocycles. The molecule has 0 atom stereocenters. The van der Waals surface area contributed by atoms with Gasteiger partial charge in [-0.3, -0.25) is 4.90 Å². The van der Waals surface area contributed by atoms with Crippen molar-refractivity contribution in [2.24, 2.45) is 5.84 Å². The number of benzene rings is 1. The number of pyridine rings is 1. The second-order valence-electron chi connectivity index (χ2n) is 5.26. The van der Waals surface area contributed by atoms with Crippen LogP contribution in [-0.2, 0) is 16.4 Å². The van der Waals surface area contributed by atoms with Gasteiger partial charge in [-0.05, 0) is 12.1 Å². The highest BCUT2D eigenvalue weighted by molar-refractivity contribution is 7.91. The first kappa shape index (κ1) is 14.2. The van der Waals surface area contributed by atoms with Gasteiger partial charge in [0, 0.05) is 30.6 Å². The third kappa shape index (κ3) is 3.15. The Kier molecular flexibility index (Phi) is 3.79. The average molecular weight is 306 g/mol. The molecular weight excluding hydrogens is 288 g/mol. The van der Waals surface area contributed by atoms with E-state index in [2.05, 4.69) is 21.4 Å². The first-order valence-electron chi connectivity index (χ1n) is 6.85. The summed E-state index contributed by atoms with van der Waals surface area (Å²) in [5.74, 6) is 6.65. The van der Waals surface area contributed by atoms with Crippen LogP contribution in [-0.4, -0.2) is 42.9 Å². The minimum atomic E-state index is -2.86. The van der Waals surface area contributed by atoms with Crippen LogP contribution in [0.25, 0.3) is 10.9 Å². The Balaban J connectivity index is 1.86. The number of nitrogen functional groups attached to an aromatic ring is 1. The number of nitrogens with one attached hydrogen (secondary N) is 1. The molecular formula is C14H18N4O2S. The highest BCUT2D eigenvalue weighted by Crippen LogP contribution is 2.22. The zero-order chi connectivity index (χ0) is 14.9. The number of anilines is 1. The number of sulfone groups is 1. The van der Waals surface area contributed by atoms with Crippen molar-refractivity contribution in [2.45, 2.75) is 6.54 Å². The number of aromatic nitrogens is 1. The molecule has 0 saturated carbocycles. The summed E-state index contributed by atoms with van der Waals surface area (Å²) in [6.45, 7) is 1.76. The molecule has 0 radical (unpaired) electrons. The molecule has 1 aliphatic rings. The first-order valence-corrected chi connectivity index (χ1v) is 8.67. The van der Waals surface area contributed by atoms with Crippen molar-refractivity contribution in [3.05, 3.63) is 35.9 Å². The normalized spacial score (nSPS) is 18.7. The lowest BCUT2D eigenvalue weighted by atomic mass is 10.1. The van der Waals surface area contributed by atoms with E-state index in [-0.39, 0.29) is 11.5 Å². The van der Waals surface area contributed by atoms with Crippen LogP contribution in [0.4, 0.5) is 5.82 Å². The fourth-order valence-corrected chi connectivity index (χ4v) is 3.83. The van der Waals surface area contributed by atoms with Gasteiger partial charge in [-0.25, -0.2) is 19.2 Å². The summed E-state index contributed by atoms with van der Waals surface area (Å²) in [5, 5.41) is 1.05. The molecule has 3 N–H and O–H groups in total. The number of nitrogens with two attached hydrogens (primary N) is 1. The molecule has 112 valence electrons. The molecule has 21 heavy (non-hydrogen) atoms. The highest BCUT2D eigenvalue weighted by atomic mass is 32.2. The van der Waals surface area contributed by atoms with E-state index in [9.17, 15) is 8.42 Å². The monoisotopic (exact) mass is 306 g/mol. The van der Waals surface area contributed by atoms with Gasteiger partial charge < -0.3 is 5.43 Å². The zero-order valence-corrected chi connectivity index (χ0v) is 12.4. The second kappa shape index (κ2) is 5.59. The number of nitrogens with zero attached hydrogens (tertiary/aromatic N) is 2. The van der Waals surface area contributed by atoms with Gasteiger partial charge in [0.2, 0.25) is 0 Å². The van der Waals surface area contributed by atoms with Crippen molar-refractivity contribution < 1.29 is 8.42 Å². The van der Waals surface area contributed by atoms with E-state index in [1.807, 2.05) is 24.3 Å². The number of fused-ring (bicyclic) bond motifs is 1. The van der Waals surface area contributed by atoms with Crippen molar-refractivity contribution in [1.29, 1.82) is 0 Å². The summed E-state index contributed by atoms with van der Waals surface area (Å²) in [7, 11) is -2.86. The van der Waals surface area contributed by atoms with E-state index in [4.69, 9.17) is 5.84 Å². The van der Waals surface area contributed by atoms with Gasteiger partial charge in [0.05, 0.1) is 17.0 Å². The number of para-hydroxylation sites is 1. The number of hydrogen-bond donors (Lipinski definition) is 2. The molecule has 0 spiro atoms. The van der Waals surface area contributed by atoms with Crippen LogP contribution in [0.5, 0.6) is 0 Å². The zero-order valence-electron chi connectivity index (χ0n) is 11.6. The molecule has 0 amide bonds. The lowest BCUT2D eigenvalue weighted by molar-refractivity contribution is 0.288. The summed E-state index contributed by atoms with van der Waals surface area (Å²) in [5.41, 5.74) is 4.50. The molecule has 6 nitrogen and oxygen atoms in total. The van der Waals surface area contributed by atoms with Crippen LogP contribution in [0.1, 0.15) is 5.56 Å². The third-order valence-corrected chi connectivity index (χ3v) is 5.38. The standard InChI is InChI=1S/C14H18N4O2S/c15-17-14-12(9-11-3-1-2-4-13(11)16-14)10-18-5-7-21(19,20)8-6-18/h1-4,9H,5-8,10,15H2,(H,16,17). The minimum absolute atomic E-state index is 0.222. The molecule has 1 aromatic heterocycles. The van der Waals surface area contributed by atoms with Gasteiger partial charge in [-0.2, -0.15) is 0 Å². The molecule has 3 rings (SSSR count). The smallest absolute Gasteiger partial charge is 0.152 e. The van der Waals surface area contributed by atoms with E-state index in [1.165, 1.54) is 0 Å². The van der Waals surface area contributed by atoms with Crippen molar-refractivity contribution in [3.63, 3.8) is 0 Å². The summed E-state index contributed by atoms with van der Waals surface area (Å²) >= 11 is 0. The average Bonchev–Trinajstić information content (AvgIpc) is 2.48. The van der Waals surface area contributed by atoms with Crippen molar-refractivity contribution in [3.8, 4) is 0 Å². The second-order valence-corrected chi connectivity index (χ2v) is 7.56. The lowest BCUT2D eigenvalue weighted by Crippen LogP contribution is -2.39. The topological polar surface area (TPSA) is 88.3 Å². The third-order valence-electron chi connectivity index (χ3n) is 3.77. The van der Waals surface area contributed by atoms with Crippen LogP contribution in [0.3, 0.4) is 0 Å². The number of rotatable bonds is 3. The lowest BCUT2D eigenvalue weighted by Gasteiger charge is -2.27. The van der Waals surface area contributed by atoms with Gasteiger partial charge in [0.15, 0.2) is 9.84 Å². The van der Waals surface area contributed by atoms with Crippen LogP contribution in [0.2, 0.25) is 0 Å². The van der Waals surface area contributed by atoms with Crippen LogP contribution >= 0.6 is 0 Å². The molecule has 0 unspecified atom stereocenters. The van der Waals surface area contributed by atoms with Crippen molar-refractivity contribution in [2.75, 3.05) is 30.0 Å². The highest BCUT2D eigenvalue weighted by Gasteiger charge is 2.22. The Hall–Kier alpha value is -1.70. The van der Waals surface area contributed by atoms with E-state index < -0.39 is 9.84 Å². The van der Waals surface area contributed by atoms with E-state index in [0.29, 0.717) is 25.5 Å². The summed E-state index contributed by atoms with van der Waals surface area (Å²) in [6, 6.07) is 9.91. The van der Waals surface area contributed by atoms with Crippen LogP contribution in [0.15, 0.2) is 30.3 Å². The molecule has 2 heterocycles. The first-order chi connectivity index (χ1) is 10.1. The molecule has 1 fully saturated rings. The van der Waals surface area contributed by atoms with Gasteiger partial charge in [-0.1, -0.05) is 18.2 Å². The van der Waals surface area contributed by atoms with Crippen molar-refractivity contribution in [1.82, 2.24) is 9.88 Å². The fourth-order valence-electron chi connectivity index (χ4n) is 2.55. The molecule has 0 bridgehead atoms. The van der Waals surface area contributed by atoms with Crippen LogP contribution < -0.4 is 11.3 Å². The van der Waals surface area contributed by atoms with Gasteiger partial charge in [-0.15, -0.1) is 0 Å². The molecule has 1 aliphatic heterocycles. The Morgan fingerprint density at radius 3 is 2.67 bits per heavy atom. The maximum Gasteiger partial charge on any atom is 0.152 e. The quantitative estimate of drug-likeness (QED) is 0.643. The fraction of sp³-hybridized carbons (Fsp3) is 0.357. The minimum Gasteiger partial charge on any atom is -0.308 e. The Labute approximate surface area is 123 Å². The predicted octanol–water partition coefficient (Wildman–Crippen LogP) is 0.751. The van der Waals surface area contributed by atoms with Gasteiger partial charge >= 0.3 is 0 Å². The van der Waals surface area contributed by atoms with E-state index >= 15 is 0 Å². The maximum atomic E-state index is 11.5. The SMILES string of the molecule is NNc1nc2ccccc2cc1CN1CCS(=O)(=O)CC1. The molecule has 7 heteroatoms. The largest absolute Gasteiger partial charge is 0.308 e. The summed E-state index contributed by atoms with van der Waals surface area (Å²) in [4.78, 5) is 6.63. The Bertz CT molecular complexity index is 747. The van der Waals surface area contributed by atoms with Crippen molar-refractivity contribution >= 4 is 26.6 Å². The molecule has 1 aromatic carbocycles. The maximum absolute atomic E-state index is 11.5. The van der Waals surface area contributed by atoms with E-state index in [0.717, 1.165) is 16.5 Å². The van der Waals surface area contributed by atoms with Crippen LogP contribution in [0, 0.1) is 0 Å². The number of hydrazine groups is 1. The Morgan fingerprint density at radius 1 is 1.24 bits per heavy atom. The van der Waals surface area contributed by atoms with Gasteiger partial charge in [0.1, 0.15) is 5.82 Å². The summed E-state index contributed by atoms with van der Waals surface area (Å²) < 4.78 is 23.0. The molecule has 2 aromatic rings. The van der Waals surface area contributed by atoms with Gasteiger partial charge in [0.25, 0.3) is 0 Å². The Morgan fingerprint density at radius 2 is 1.95 bits per heavy atom. The molecule has 1 saturated heterocycles.